The zero-order chi connectivity index (χ0) is 19.9. The largest absolute Gasteiger partial charge is 0.494 e. The van der Waals surface area contributed by atoms with E-state index in [0.717, 1.165) is 18.7 Å². The number of ether oxygens (including phenoxy) is 2. The summed E-state index contributed by atoms with van der Waals surface area (Å²) in [5.41, 5.74) is 0.769. The molecule has 28 heavy (non-hydrogen) atoms. The Balaban J connectivity index is 1.40. The lowest BCUT2D eigenvalue weighted by atomic mass is 10.1. The number of morpholine rings is 1. The van der Waals surface area contributed by atoms with E-state index in [1.54, 1.807) is 17.0 Å². The van der Waals surface area contributed by atoms with Gasteiger partial charge in [-0.3, -0.25) is 14.5 Å². The van der Waals surface area contributed by atoms with Crippen molar-refractivity contribution in [3.05, 3.63) is 29.6 Å². The average Bonchev–Trinajstić information content (AvgIpc) is 2.73. The minimum atomic E-state index is -0.417. The molecule has 1 aromatic rings. The van der Waals surface area contributed by atoms with Gasteiger partial charge in [-0.05, 0) is 24.1 Å². The van der Waals surface area contributed by atoms with Crippen molar-refractivity contribution in [3.8, 4) is 5.75 Å². The fraction of sp³-hybridized carbons (Fsp3) is 0.600. The van der Waals surface area contributed by atoms with E-state index in [-0.39, 0.29) is 17.6 Å². The van der Waals surface area contributed by atoms with Crippen LogP contribution < -0.4 is 4.74 Å². The quantitative estimate of drug-likeness (QED) is 0.715. The summed E-state index contributed by atoms with van der Waals surface area (Å²) in [7, 11) is 1.42. The van der Waals surface area contributed by atoms with Gasteiger partial charge in [-0.1, -0.05) is 6.07 Å². The molecule has 2 saturated heterocycles. The second-order valence-corrected chi connectivity index (χ2v) is 7.12. The van der Waals surface area contributed by atoms with Gasteiger partial charge in [-0.25, -0.2) is 4.39 Å². The van der Waals surface area contributed by atoms with Crippen LogP contribution in [0, 0.1) is 5.82 Å². The van der Waals surface area contributed by atoms with E-state index in [4.69, 9.17) is 9.47 Å². The minimum absolute atomic E-state index is 0.0384. The monoisotopic (exact) mass is 393 g/mol. The number of rotatable bonds is 6. The Kier molecular flexibility index (Phi) is 7.22. The summed E-state index contributed by atoms with van der Waals surface area (Å²) in [5.74, 6) is -0.0630. The van der Waals surface area contributed by atoms with E-state index < -0.39 is 5.82 Å². The van der Waals surface area contributed by atoms with E-state index in [0.29, 0.717) is 58.8 Å². The highest BCUT2D eigenvalue weighted by molar-refractivity contribution is 5.79. The number of aryl methyl sites for hydroxylation is 1. The van der Waals surface area contributed by atoms with E-state index in [2.05, 4.69) is 4.90 Å². The van der Waals surface area contributed by atoms with Gasteiger partial charge in [0.2, 0.25) is 11.8 Å². The van der Waals surface area contributed by atoms with E-state index in [1.807, 2.05) is 4.90 Å². The van der Waals surface area contributed by atoms with Crippen LogP contribution in [0.25, 0.3) is 0 Å². The molecule has 2 aliphatic rings. The Morgan fingerprint density at radius 3 is 2.29 bits per heavy atom. The van der Waals surface area contributed by atoms with Crippen LogP contribution >= 0.6 is 0 Å². The molecular weight excluding hydrogens is 365 g/mol. The fourth-order valence-corrected chi connectivity index (χ4v) is 3.53. The Hall–Kier alpha value is -2.19. The van der Waals surface area contributed by atoms with Gasteiger partial charge in [0.05, 0.1) is 26.9 Å². The van der Waals surface area contributed by atoms with Crippen LogP contribution in [0.15, 0.2) is 18.2 Å². The van der Waals surface area contributed by atoms with Crippen LogP contribution in [0.5, 0.6) is 5.75 Å². The Labute approximate surface area is 165 Å². The van der Waals surface area contributed by atoms with Crippen molar-refractivity contribution in [2.45, 2.75) is 12.8 Å². The number of methoxy groups -OCH3 is 1. The first-order valence-electron chi connectivity index (χ1n) is 9.75. The molecule has 0 unspecified atom stereocenters. The molecule has 1 aromatic carbocycles. The molecule has 2 fully saturated rings. The fourth-order valence-electron chi connectivity index (χ4n) is 3.53. The third kappa shape index (κ3) is 5.42. The van der Waals surface area contributed by atoms with E-state index in [9.17, 15) is 14.0 Å². The molecule has 0 aromatic heterocycles. The normalized spacial score (nSPS) is 18.2. The maximum absolute atomic E-state index is 13.7. The number of amides is 2. The lowest BCUT2D eigenvalue weighted by Crippen LogP contribution is -2.53. The number of halogens is 1. The second kappa shape index (κ2) is 9.84. The first kappa shape index (κ1) is 20.5. The van der Waals surface area contributed by atoms with E-state index >= 15 is 0 Å². The number of carbonyl (C=O) groups is 2. The van der Waals surface area contributed by atoms with E-state index in [1.165, 1.54) is 13.2 Å². The van der Waals surface area contributed by atoms with Gasteiger partial charge in [0.15, 0.2) is 11.6 Å². The van der Waals surface area contributed by atoms with Gasteiger partial charge in [-0.2, -0.15) is 0 Å². The summed E-state index contributed by atoms with van der Waals surface area (Å²) in [6.07, 6.45) is 0.809. The van der Waals surface area contributed by atoms with Crippen LogP contribution in [-0.4, -0.2) is 92.7 Å². The van der Waals surface area contributed by atoms with Crippen LogP contribution in [0.2, 0.25) is 0 Å². The summed E-state index contributed by atoms with van der Waals surface area (Å²) < 4.78 is 24.0. The highest BCUT2D eigenvalue weighted by Crippen LogP contribution is 2.19. The summed E-state index contributed by atoms with van der Waals surface area (Å²) in [6.45, 7) is 5.56. The first-order chi connectivity index (χ1) is 13.6. The van der Waals surface area contributed by atoms with Crippen LogP contribution in [-0.2, 0) is 20.7 Å². The first-order valence-corrected chi connectivity index (χ1v) is 9.75. The van der Waals surface area contributed by atoms with Crippen molar-refractivity contribution < 1.29 is 23.5 Å². The van der Waals surface area contributed by atoms with Gasteiger partial charge in [0.1, 0.15) is 0 Å². The Morgan fingerprint density at radius 1 is 1.04 bits per heavy atom. The number of hydrogen-bond acceptors (Lipinski definition) is 5. The molecule has 0 N–H and O–H groups in total. The maximum Gasteiger partial charge on any atom is 0.236 e. The lowest BCUT2D eigenvalue weighted by molar-refractivity contribution is -0.140. The molecule has 0 radical (unpaired) electrons. The van der Waals surface area contributed by atoms with Crippen LogP contribution in [0.3, 0.4) is 0 Å². The van der Waals surface area contributed by atoms with Crippen molar-refractivity contribution in [2.75, 3.05) is 66.1 Å². The summed E-state index contributed by atoms with van der Waals surface area (Å²) >= 11 is 0. The topological polar surface area (TPSA) is 62.3 Å². The molecule has 3 rings (SSSR count). The molecule has 2 aliphatic heterocycles. The minimum Gasteiger partial charge on any atom is -0.494 e. The predicted molar refractivity (Wildman–Crippen MR) is 102 cm³/mol. The number of hydrogen-bond donors (Lipinski definition) is 0. The number of carbonyl (C=O) groups excluding carboxylic acids is 2. The molecule has 154 valence electrons. The number of nitrogens with zero attached hydrogens (tertiary/aromatic N) is 3. The SMILES string of the molecule is COc1ccc(CCC(=O)N2CCN(C(=O)CN3CCOCC3)CC2)cc1F. The standard InChI is InChI=1S/C20H28FN3O4/c1-27-18-4-2-16(14-17(18)21)3-5-19(25)23-6-8-24(9-7-23)20(26)15-22-10-12-28-13-11-22/h2,4,14H,3,5-13,15H2,1H3. The van der Waals surface area contributed by atoms with Crippen molar-refractivity contribution in [3.63, 3.8) is 0 Å². The van der Waals surface area contributed by atoms with Gasteiger partial charge in [0, 0.05) is 45.7 Å². The van der Waals surface area contributed by atoms with Gasteiger partial charge < -0.3 is 19.3 Å². The molecular formula is C20H28FN3O4. The van der Waals surface area contributed by atoms with Crippen molar-refractivity contribution in [2.24, 2.45) is 0 Å². The molecule has 0 saturated carbocycles. The average molecular weight is 393 g/mol. The van der Waals surface area contributed by atoms with Crippen molar-refractivity contribution in [1.29, 1.82) is 0 Å². The van der Waals surface area contributed by atoms with Crippen LogP contribution in [0.4, 0.5) is 4.39 Å². The van der Waals surface area contributed by atoms with Crippen molar-refractivity contribution >= 4 is 11.8 Å². The molecule has 8 heteroatoms. The molecule has 2 heterocycles. The molecule has 7 nitrogen and oxygen atoms in total. The lowest BCUT2D eigenvalue weighted by Gasteiger charge is -2.36. The molecule has 0 bridgehead atoms. The number of benzene rings is 1. The Bertz CT molecular complexity index is 686. The van der Waals surface area contributed by atoms with Gasteiger partial charge in [0.25, 0.3) is 0 Å². The molecule has 0 spiro atoms. The Morgan fingerprint density at radius 2 is 1.68 bits per heavy atom. The third-order valence-corrected chi connectivity index (χ3v) is 5.29. The second-order valence-electron chi connectivity index (χ2n) is 7.12. The number of piperazine rings is 1. The van der Waals surface area contributed by atoms with Gasteiger partial charge >= 0.3 is 0 Å². The molecule has 0 aliphatic carbocycles. The third-order valence-electron chi connectivity index (χ3n) is 5.29. The van der Waals surface area contributed by atoms with Crippen LogP contribution in [0.1, 0.15) is 12.0 Å². The predicted octanol–water partition coefficient (Wildman–Crippen LogP) is 0.770. The zero-order valence-electron chi connectivity index (χ0n) is 16.4. The smallest absolute Gasteiger partial charge is 0.236 e. The summed E-state index contributed by atoms with van der Waals surface area (Å²) in [5, 5.41) is 0. The highest BCUT2D eigenvalue weighted by Gasteiger charge is 2.25. The maximum atomic E-state index is 13.7. The van der Waals surface area contributed by atoms with Gasteiger partial charge in [-0.15, -0.1) is 0 Å². The summed E-state index contributed by atoms with van der Waals surface area (Å²) in [4.78, 5) is 30.6. The summed E-state index contributed by atoms with van der Waals surface area (Å²) in [6, 6.07) is 4.76. The van der Waals surface area contributed by atoms with Crippen molar-refractivity contribution in [1.82, 2.24) is 14.7 Å². The molecule has 2 amide bonds. The zero-order valence-corrected chi connectivity index (χ0v) is 16.4. The highest BCUT2D eigenvalue weighted by atomic mass is 19.1. The molecule has 0 atom stereocenters.